The van der Waals surface area contributed by atoms with E-state index >= 15 is 0 Å². The van der Waals surface area contributed by atoms with Gasteiger partial charge in [0, 0.05) is 4.47 Å². The molecular weight excluding hydrogens is 307 g/mol. The Labute approximate surface area is 101 Å². The summed E-state index contributed by atoms with van der Waals surface area (Å²) >= 11 is 8.98. The molecule has 0 saturated heterocycles. The fraction of sp³-hybridized carbons (Fsp3) is 0.111. The lowest BCUT2D eigenvalue weighted by Gasteiger charge is -1.97. The summed E-state index contributed by atoms with van der Waals surface area (Å²) < 4.78 is 33.2. The van der Waals surface area contributed by atoms with Crippen LogP contribution in [0.1, 0.15) is 5.56 Å². The van der Waals surface area contributed by atoms with Crippen molar-refractivity contribution in [3.8, 4) is 0 Å². The number of benzene rings is 1. The molecule has 0 saturated carbocycles. The van der Waals surface area contributed by atoms with E-state index in [0.29, 0.717) is 9.50 Å². The molecule has 0 fully saturated rings. The van der Waals surface area contributed by atoms with E-state index in [0.717, 1.165) is 5.56 Å². The van der Waals surface area contributed by atoms with Gasteiger partial charge in [-0.15, -0.1) is 3.89 Å². The second-order valence-electron chi connectivity index (χ2n) is 2.78. The van der Waals surface area contributed by atoms with Crippen LogP contribution < -0.4 is 0 Å². The minimum Gasteiger partial charge on any atom is -0.195 e. The molecule has 0 spiro atoms. The molecule has 0 unspecified atom stereocenters. The predicted molar refractivity (Wildman–Crippen MR) is 63.1 cm³/mol. The normalized spacial score (nSPS) is 12.2. The van der Waals surface area contributed by atoms with Crippen LogP contribution in [0.5, 0.6) is 0 Å². The minimum absolute atomic E-state index is 0.560. The highest BCUT2D eigenvalue weighted by atomic mass is 79.9. The van der Waals surface area contributed by atoms with Crippen molar-refractivity contribution in [2.75, 3.05) is 5.75 Å². The summed E-state index contributed by atoms with van der Waals surface area (Å²) in [6.45, 7) is 0. The summed E-state index contributed by atoms with van der Waals surface area (Å²) in [6, 6.07) is 5.08. The largest absolute Gasteiger partial charge is 0.305 e. The Balaban J connectivity index is 2.78. The fourth-order valence-electron chi connectivity index (χ4n) is 0.915. The molecule has 82 valence electrons. The third kappa shape index (κ3) is 4.77. The molecule has 6 heteroatoms. The van der Waals surface area contributed by atoms with E-state index in [4.69, 9.17) is 11.6 Å². The average molecular weight is 314 g/mol. The van der Waals surface area contributed by atoms with Crippen LogP contribution >= 0.6 is 27.5 Å². The van der Waals surface area contributed by atoms with Crippen LogP contribution in [-0.4, -0.2) is 14.2 Å². The average Bonchev–Trinajstić information content (AvgIpc) is 2.09. The van der Waals surface area contributed by atoms with Crippen LogP contribution in [0.3, 0.4) is 0 Å². The fourth-order valence-corrected chi connectivity index (χ4v) is 1.76. The zero-order valence-electron chi connectivity index (χ0n) is 7.45. The van der Waals surface area contributed by atoms with Gasteiger partial charge in [0.15, 0.2) is 0 Å². The van der Waals surface area contributed by atoms with Gasteiger partial charge >= 0.3 is 10.2 Å². The molecule has 0 radical (unpaired) electrons. The van der Waals surface area contributed by atoms with Gasteiger partial charge in [0.1, 0.15) is 0 Å². The molecule has 0 aliphatic carbocycles. The lowest BCUT2D eigenvalue weighted by molar-refractivity contribution is 0.555. The first-order valence-electron chi connectivity index (χ1n) is 3.92. The topological polar surface area (TPSA) is 34.1 Å². The Hall–Kier alpha value is -0.390. The van der Waals surface area contributed by atoms with E-state index in [1.54, 1.807) is 18.2 Å². The first-order valence-corrected chi connectivity index (χ1v) is 6.65. The number of hydrogen-bond donors (Lipinski definition) is 0. The highest BCUT2D eigenvalue weighted by molar-refractivity contribution is 9.10. The standard InChI is InChI=1S/C9H7BrClFO2S/c10-8-6-7(3-4-9(8)11)2-1-5-15(12,13)14/h1-4,6H,5H2. The van der Waals surface area contributed by atoms with E-state index in [1.807, 2.05) is 0 Å². The Kier molecular flexibility index (Phi) is 4.31. The van der Waals surface area contributed by atoms with Crippen molar-refractivity contribution in [1.29, 1.82) is 0 Å². The SMILES string of the molecule is O=S(=O)(F)CC=Cc1ccc(Cl)c(Br)c1. The van der Waals surface area contributed by atoms with E-state index in [1.165, 1.54) is 12.2 Å². The Morgan fingerprint density at radius 3 is 2.67 bits per heavy atom. The van der Waals surface area contributed by atoms with E-state index in [-0.39, 0.29) is 0 Å². The lowest BCUT2D eigenvalue weighted by atomic mass is 10.2. The molecule has 2 nitrogen and oxygen atoms in total. The highest BCUT2D eigenvalue weighted by Gasteiger charge is 2.02. The van der Waals surface area contributed by atoms with E-state index in [2.05, 4.69) is 15.9 Å². The molecule has 1 rings (SSSR count). The molecule has 0 aromatic heterocycles. The van der Waals surface area contributed by atoms with Crippen molar-refractivity contribution in [3.63, 3.8) is 0 Å². The van der Waals surface area contributed by atoms with Crippen LogP contribution in [0.2, 0.25) is 5.02 Å². The Morgan fingerprint density at radius 2 is 2.13 bits per heavy atom. The van der Waals surface area contributed by atoms with E-state index in [9.17, 15) is 12.3 Å². The summed E-state index contributed by atoms with van der Waals surface area (Å²) in [4.78, 5) is 0. The number of hydrogen-bond acceptors (Lipinski definition) is 2. The van der Waals surface area contributed by atoms with Gasteiger partial charge in [-0.05, 0) is 33.6 Å². The minimum atomic E-state index is -4.44. The zero-order chi connectivity index (χ0) is 11.5. The molecule has 0 amide bonds. The Bertz CT molecular complexity index is 485. The molecule has 0 aliphatic rings. The van der Waals surface area contributed by atoms with Crippen LogP contribution in [0.25, 0.3) is 6.08 Å². The first-order chi connectivity index (χ1) is 6.88. The van der Waals surface area contributed by atoms with Crippen molar-refractivity contribution in [1.82, 2.24) is 0 Å². The van der Waals surface area contributed by atoms with E-state index < -0.39 is 16.0 Å². The van der Waals surface area contributed by atoms with Gasteiger partial charge in [-0.2, -0.15) is 8.42 Å². The van der Waals surface area contributed by atoms with Crippen molar-refractivity contribution >= 4 is 43.8 Å². The van der Waals surface area contributed by atoms with Gasteiger partial charge in [-0.1, -0.05) is 29.8 Å². The zero-order valence-corrected chi connectivity index (χ0v) is 10.6. The lowest BCUT2D eigenvalue weighted by Crippen LogP contribution is -1.93. The molecule has 0 N–H and O–H groups in total. The van der Waals surface area contributed by atoms with Gasteiger partial charge in [0.05, 0.1) is 10.8 Å². The van der Waals surface area contributed by atoms with Gasteiger partial charge < -0.3 is 0 Å². The smallest absolute Gasteiger partial charge is 0.195 e. The molecular formula is C9H7BrClFO2S. The quantitative estimate of drug-likeness (QED) is 0.801. The highest BCUT2D eigenvalue weighted by Crippen LogP contribution is 2.23. The van der Waals surface area contributed by atoms with Crippen molar-refractivity contribution in [2.45, 2.75) is 0 Å². The van der Waals surface area contributed by atoms with Crippen molar-refractivity contribution < 1.29 is 12.3 Å². The Morgan fingerprint density at radius 1 is 1.47 bits per heavy atom. The second kappa shape index (κ2) is 5.09. The number of rotatable bonds is 3. The van der Waals surface area contributed by atoms with Gasteiger partial charge in [-0.3, -0.25) is 0 Å². The maximum Gasteiger partial charge on any atom is 0.305 e. The molecule has 0 aliphatic heterocycles. The molecule has 1 aromatic rings. The molecule has 0 atom stereocenters. The number of halogens is 3. The maximum absolute atomic E-state index is 12.1. The summed E-state index contributed by atoms with van der Waals surface area (Å²) in [5.74, 6) is -0.618. The van der Waals surface area contributed by atoms with Gasteiger partial charge in [0.25, 0.3) is 0 Å². The summed E-state index contributed by atoms with van der Waals surface area (Å²) in [5.41, 5.74) is 0.745. The first kappa shape index (κ1) is 12.7. The van der Waals surface area contributed by atoms with Gasteiger partial charge in [0.2, 0.25) is 0 Å². The van der Waals surface area contributed by atoms with Crippen LogP contribution in [0, 0.1) is 0 Å². The third-order valence-corrected chi connectivity index (χ3v) is 3.35. The maximum atomic E-state index is 12.1. The third-order valence-electron chi connectivity index (χ3n) is 1.55. The van der Waals surface area contributed by atoms with Crippen LogP contribution in [-0.2, 0) is 10.2 Å². The van der Waals surface area contributed by atoms with Crippen molar-refractivity contribution in [2.24, 2.45) is 0 Å². The predicted octanol–water partition coefficient (Wildman–Crippen LogP) is 3.42. The van der Waals surface area contributed by atoms with Gasteiger partial charge in [-0.25, -0.2) is 0 Å². The summed E-state index contributed by atoms with van der Waals surface area (Å²) in [7, 11) is -4.44. The molecule has 0 heterocycles. The summed E-state index contributed by atoms with van der Waals surface area (Å²) in [6.07, 6.45) is 2.75. The van der Waals surface area contributed by atoms with Crippen LogP contribution in [0.4, 0.5) is 3.89 Å². The van der Waals surface area contributed by atoms with Crippen LogP contribution in [0.15, 0.2) is 28.7 Å². The van der Waals surface area contributed by atoms with Crippen molar-refractivity contribution in [3.05, 3.63) is 39.3 Å². The molecule has 15 heavy (non-hydrogen) atoms. The second-order valence-corrected chi connectivity index (χ2v) is 5.45. The summed E-state index contributed by atoms with van der Waals surface area (Å²) in [5, 5.41) is 0.560. The molecule has 0 bridgehead atoms. The monoisotopic (exact) mass is 312 g/mol. The molecule has 1 aromatic carbocycles.